The number of hydrogen-bond acceptors (Lipinski definition) is 6. The third kappa shape index (κ3) is 7.13. The molecule has 2 aliphatic rings. The van der Waals surface area contributed by atoms with Crippen molar-refractivity contribution < 1.29 is 18.8 Å². The van der Waals surface area contributed by atoms with Gasteiger partial charge < -0.3 is 24.6 Å². The number of ether oxygens (including phenoxy) is 1. The number of halogens is 2. The van der Waals surface area contributed by atoms with Crippen LogP contribution in [0.4, 0.5) is 0 Å². The van der Waals surface area contributed by atoms with Gasteiger partial charge in [-0.15, -0.1) is 0 Å². The van der Waals surface area contributed by atoms with E-state index in [9.17, 15) is 4.79 Å². The van der Waals surface area contributed by atoms with Crippen LogP contribution in [0.5, 0.6) is 5.75 Å². The molecule has 2 heterocycles. The van der Waals surface area contributed by atoms with Crippen LogP contribution in [-0.4, -0.2) is 49.4 Å². The normalized spacial score (nSPS) is 15.8. The Balaban J connectivity index is 0.000000165. The number of rotatable bonds is 9. The van der Waals surface area contributed by atoms with Crippen molar-refractivity contribution in [3.63, 3.8) is 0 Å². The summed E-state index contributed by atoms with van der Waals surface area (Å²) >= 11 is 12.1. The number of nitrogens with two attached hydrogens (primary N) is 1. The molecule has 1 aliphatic carbocycles. The van der Waals surface area contributed by atoms with Crippen molar-refractivity contribution in [2.75, 3.05) is 26.7 Å². The van der Waals surface area contributed by atoms with E-state index in [1.54, 1.807) is 24.3 Å². The van der Waals surface area contributed by atoms with E-state index >= 15 is 0 Å². The van der Waals surface area contributed by atoms with Gasteiger partial charge in [0.25, 0.3) is 5.91 Å². The van der Waals surface area contributed by atoms with Crippen molar-refractivity contribution >= 4 is 45.8 Å². The van der Waals surface area contributed by atoms with Crippen LogP contribution in [0.3, 0.4) is 0 Å². The molecule has 7 nitrogen and oxygen atoms in total. The number of hydrogen-bond donors (Lipinski definition) is 1. The van der Waals surface area contributed by atoms with Crippen molar-refractivity contribution in [2.45, 2.75) is 38.2 Å². The van der Waals surface area contributed by atoms with E-state index in [0.29, 0.717) is 16.7 Å². The summed E-state index contributed by atoms with van der Waals surface area (Å²) in [6.45, 7) is 3.79. The molecule has 0 unspecified atom stereocenters. The van der Waals surface area contributed by atoms with Gasteiger partial charge in [-0.05, 0) is 93.7 Å². The third-order valence-corrected chi connectivity index (χ3v) is 6.36. The maximum atomic E-state index is 11.2. The second kappa shape index (κ2) is 11.8. The molecule has 186 valence electrons. The van der Waals surface area contributed by atoms with Crippen LogP contribution in [0.1, 0.15) is 37.0 Å². The zero-order valence-corrected chi connectivity index (χ0v) is 21.1. The smallest absolute Gasteiger partial charge is 0.274 e. The zero-order chi connectivity index (χ0) is 24.8. The molecule has 2 fully saturated rings. The number of oxime groups is 1. The predicted octanol–water partition coefficient (Wildman–Crippen LogP) is 5.44. The average molecular weight is 518 g/mol. The number of aryl methyl sites for hydroxylation is 1. The van der Waals surface area contributed by atoms with Crippen molar-refractivity contribution in [3.05, 3.63) is 63.8 Å². The van der Waals surface area contributed by atoms with Gasteiger partial charge in [0.15, 0.2) is 5.76 Å². The van der Waals surface area contributed by atoms with Gasteiger partial charge in [-0.1, -0.05) is 34.4 Å². The molecule has 1 amide bonds. The quantitative estimate of drug-likeness (QED) is 0.301. The Labute approximate surface area is 214 Å². The van der Waals surface area contributed by atoms with Crippen molar-refractivity contribution in [1.82, 2.24) is 4.90 Å². The number of benzene rings is 2. The lowest BCUT2D eigenvalue weighted by Crippen LogP contribution is -2.37. The van der Waals surface area contributed by atoms with Crippen molar-refractivity contribution in [3.8, 4) is 5.75 Å². The number of nitrogens with zero attached hydrogens (tertiary/aromatic N) is 2. The number of furan rings is 1. The molecule has 1 aliphatic heterocycles. The monoisotopic (exact) mass is 517 g/mol. The van der Waals surface area contributed by atoms with Gasteiger partial charge in [0.2, 0.25) is 5.71 Å². The Morgan fingerprint density at radius 2 is 1.97 bits per heavy atom. The number of fused-ring (bicyclic) bond motifs is 1. The second-order valence-electron chi connectivity index (χ2n) is 8.66. The summed E-state index contributed by atoms with van der Waals surface area (Å²) in [6, 6.07) is 13.0. The minimum absolute atomic E-state index is 0.0696. The Hall–Kier alpha value is -2.74. The molecule has 2 aromatic carbocycles. The summed E-state index contributed by atoms with van der Waals surface area (Å²) in [5.74, 6) is 0.374. The van der Waals surface area contributed by atoms with E-state index in [2.05, 4.69) is 27.0 Å². The number of amides is 1. The number of carbonyl (C=O) groups is 1. The molecule has 1 saturated carbocycles. The average Bonchev–Trinajstić information content (AvgIpc) is 3.52. The largest absolute Gasteiger partial charge is 0.489 e. The molecule has 1 aromatic heterocycles. The molecule has 9 heteroatoms. The lowest BCUT2D eigenvalue weighted by atomic mass is 10.1. The number of primary amides is 1. The van der Waals surface area contributed by atoms with E-state index in [1.807, 2.05) is 6.07 Å². The van der Waals surface area contributed by atoms with E-state index in [4.69, 9.17) is 38.1 Å². The fourth-order valence-corrected chi connectivity index (χ4v) is 4.13. The van der Waals surface area contributed by atoms with Crippen LogP contribution >= 0.6 is 23.2 Å². The maximum absolute atomic E-state index is 11.2. The molecule has 35 heavy (non-hydrogen) atoms. The van der Waals surface area contributed by atoms with E-state index < -0.39 is 5.91 Å². The summed E-state index contributed by atoms with van der Waals surface area (Å²) < 4.78 is 11.2. The summed E-state index contributed by atoms with van der Waals surface area (Å²) in [5.41, 5.74) is 7.02. The van der Waals surface area contributed by atoms with Crippen LogP contribution in [0.2, 0.25) is 10.0 Å². The molecule has 5 rings (SSSR count). The molecule has 0 atom stereocenters. The first kappa shape index (κ1) is 25.4. The third-order valence-electron chi connectivity index (χ3n) is 5.83. The number of carbonyl (C=O) groups excluding carboxylic acids is 1. The van der Waals surface area contributed by atoms with Crippen molar-refractivity contribution in [2.24, 2.45) is 10.9 Å². The molecule has 0 bridgehead atoms. The molecule has 0 radical (unpaired) electrons. The van der Waals surface area contributed by atoms with E-state index in [-0.39, 0.29) is 11.5 Å². The lowest BCUT2D eigenvalue weighted by molar-refractivity contribution is -0.112. The summed E-state index contributed by atoms with van der Waals surface area (Å²) in [6.07, 6.45) is 6.47. The Kier molecular flexibility index (Phi) is 8.55. The Bertz CT molecular complexity index is 1200. The van der Waals surface area contributed by atoms with Gasteiger partial charge >= 0.3 is 0 Å². The van der Waals surface area contributed by atoms with Gasteiger partial charge in [0, 0.05) is 10.4 Å². The molecular formula is C26H29Cl2N3O4. The predicted molar refractivity (Wildman–Crippen MR) is 138 cm³/mol. The van der Waals surface area contributed by atoms with Gasteiger partial charge in [-0.25, -0.2) is 0 Å². The first-order valence-electron chi connectivity index (χ1n) is 11.7. The first-order valence-corrected chi connectivity index (χ1v) is 12.5. The minimum Gasteiger partial charge on any atom is -0.489 e. The topological polar surface area (TPSA) is 90.3 Å². The van der Waals surface area contributed by atoms with Gasteiger partial charge in [-0.3, -0.25) is 4.79 Å². The SMILES string of the molecule is CO/N=C(/C(N)=O)c1cc2cc(Cl)ccc2o1.Clc1cc(CCCN2CCC2)ccc1OC1CC1. The van der Waals surface area contributed by atoms with Crippen LogP contribution in [0.25, 0.3) is 11.0 Å². The second-order valence-corrected chi connectivity index (χ2v) is 9.50. The molecular weight excluding hydrogens is 489 g/mol. The minimum atomic E-state index is -0.725. The van der Waals surface area contributed by atoms with E-state index in [0.717, 1.165) is 22.6 Å². The highest BCUT2D eigenvalue weighted by molar-refractivity contribution is 6.44. The van der Waals surface area contributed by atoms with Crippen LogP contribution in [-0.2, 0) is 16.1 Å². The first-order chi connectivity index (χ1) is 16.9. The van der Waals surface area contributed by atoms with E-state index in [1.165, 1.54) is 58.0 Å². The Morgan fingerprint density at radius 1 is 1.17 bits per heavy atom. The fraction of sp³-hybridized carbons (Fsp3) is 0.385. The summed E-state index contributed by atoms with van der Waals surface area (Å²) in [7, 11) is 1.32. The highest BCUT2D eigenvalue weighted by atomic mass is 35.5. The lowest BCUT2D eigenvalue weighted by Gasteiger charge is -2.30. The highest BCUT2D eigenvalue weighted by Crippen LogP contribution is 2.32. The molecule has 0 spiro atoms. The number of likely N-dealkylation sites (tertiary alicyclic amines) is 1. The van der Waals surface area contributed by atoms with Crippen LogP contribution < -0.4 is 10.5 Å². The highest BCUT2D eigenvalue weighted by Gasteiger charge is 2.24. The standard InChI is InChI=1S/C15H20ClNO.C11H9ClN2O3/c16-14-11-12(3-1-8-17-9-2-10-17)4-7-15(14)18-13-5-6-13;1-16-14-10(11(13)15)9-5-6-4-7(12)2-3-8(6)17-9/h4,7,11,13H,1-3,5-6,8-10H2;2-5H,1H3,(H2,13,15)/b;14-10+. The summed E-state index contributed by atoms with van der Waals surface area (Å²) in [4.78, 5) is 18.2. The van der Waals surface area contributed by atoms with Crippen molar-refractivity contribution in [1.29, 1.82) is 0 Å². The molecule has 3 aromatic rings. The molecule has 1 saturated heterocycles. The Morgan fingerprint density at radius 3 is 2.60 bits per heavy atom. The van der Waals surface area contributed by atoms with Crippen LogP contribution in [0, 0.1) is 0 Å². The zero-order valence-electron chi connectivity index (χ0n) is 19.6. The summed E-state index contributed by atoms with van der Waals surface area (Å²) in [5, 5.41) is 5.63. The van der Waals surface area contributed by atoms with Gasteiger partial charge in [0.05, 0.1) is 11.1 Å². The van der Waals surface area contributed by atoms with Gasteiger partial charge in [0.1, 0.15) is 18.4 Å². The van der Waals surface area contributed by atoms with Crippen LogP contribution in [0.15, 0.2) is 52.0 Å². The molecule has 2 N–H and O–H groups in total. The van der Waals surface area contributed by atoms with Gasteiger partial charge in [-0.2, -0.15) is 0 Å². The maximum Gasteiger partial charge on any atom is 0.274 e. The fourth-order valence-electron chi connectivity index (χ4n) is 3.71.